The summed E-state index contributed by atoms with van der Waals surface area (Å²) in [5.74, 6) is 1.32. The molecule has 0 aromatic rings. The second kappa shape index (κ2) is 7.48. The van der Waals surface area contributed by atoms with E-state index >= 15 is 0 Å². The van der Waals surface area contributed by atoms with Crippen LogP contribution in [-0.4, -0.2) is 56.9 Å². The predicted molar refractivity (Wildman–Crippen MR) is 135 cm³/mol. The Bertz CT molecular complexity index is 914. The number of hydrogen-bond acceptors (Lipinski definition) is 6. The fourth-order valence-electron chi connectivity index (χ4n) is 11.5. The van der Waals surface area contributed by atoms with E-state index in [0.29, 0.717) is 23.7 Å². The van der Waals surface area contributed by atoms with Crippen LogP contribution in [0.3, 0.4) is 0 Å². The van der Waals surface area contributed by atoms with E-state index in [0.717, 1.165) is 32.1 Å². The van der Waals surface area contributed by atoms with E-state index in [1.807, 2.05) is 0 Å². The van der Waals surface area contributed by atoms with E-state index in [1.165, 1.54) is 12.8 Å². The fraction of sp³-hybridized carbons (Fsp3) is 1.00. The van der Waals surface area contributed by atoms with Crippen molar-refractivity contribution in [3.63, 3.8) is 0 Å². The minimum Gasteiger partial charge on any atom is -0.393 e. The zero-order valence-electron chi connectivity index (χ0n) is 23.5. The summed E-state index contributed by atoms with van der Waals surface area (Å²) < 4.78 is 12.8. The highest BCUT2D eigenvalue weighted by molar-refractivity contribution is 5.30. The Morgan fingerprint density at radius 2 is 1.53 bits per heavy atom. The summed E-state index contributed by atoms with van der Waals surface area (Å²) in [5.41, 5.74) is -1.28. The van der Waals surface area contributed by atoms with Crippen molar-refractivity contribution in [3.05, 3.63) is 0 Å². The van der Waals surface area contributed by atoms with Crippen LogP contribution in [0, 0.1) is 50.7 Å². The van der Waals surface area contributed by atoms with Gasteiger partial charge in [0.05, 0.1) is 17.8 Å². The minimum absolute atomic E-state index is 0.0524. The lowest BCUT2D eigenvalue weighted by Crippen LogP contribution is -2.71. The molecule has 206 valence electrons. The van der Waals surface area contributed by atoms with Crippen LogP contribution in [0.5, 0.6) is 0 Å². The van der Waals surface area contributed by atoms with Gasteiger partial charge >= 0.3 is 0 Å². The highest BCUT2D eigenvalue weighted by Gasteiger charge is 2.83. The van der Waals surface area contributed by atoms with Gasteiger partial charge in [-0.1, -0.05) is 34.6 Å². The van der Waals surface area contributed by atoms with Gasteiger partial charge in [-0.05, 0) is 105 Å². The molecule has 0 aromatic heterocycles. The number of ether oxygens (including phenoxy) is 2. The molecule has 6 heteroatoms. The van der Waals surface area contributed by atoms with Crippen LogP contribution in [-0.2, 0) is 9.47 Å². The molecule has 6 rings (SSSR count). The molecule has 2 heterocycles. The Morgan fingerprint density at radius 1 is 0.889 bits per heavy atom. The summed E-state index contributed by atoms with van der Waals surface area (Å²) in [6.07, 6.45) is 5.11. The van der Waals surface area contributed by atoms with Crippen LogP contribution in [0.2, 0.25) is 0 Å². The third-order valence-corrected chi connectivity index (χ3v) is 13.6. The van der Waals surface area contributed by atoms with E-state index in [9.17, 15) is 20.4 Å². The number of fused-ring (bicyclic) bond motifs is 4. The van der Waals surface area contributed by atoms with Gasteiger partial charge in [0, 0.05) is 11.3 Å². The van der Waals surface area contributed by atoms with Gasteiger partial charge in [0.1, 0.15) is 6.10 Å². The Labute approximate surface area is 217 Å². The van der Waals surface area contributed by atoms with Crippen LogP contribution >= 0.6 is 0 Å². The molecule has 2 spiro atoms. The lowest BCUT2D eigenvalue weighted by molar-refractivity contribution is -0.412. The van der Waals surface area contributed by atoms with Crippen molar-refractivity contribution >= 4 is 0 Å². The average molecular weight is 507 g/mol. The predicted octanol–water partition coefficient (Wildman–Crippen LogP) is 4.22. The monoisotopic (exact) mass is 506 g/mol. The molecule has 36 heavy (non-hydrogen) atoms. The standard InChI is InChI=1S/C30H50O6/c1-16-14-17(22(32)26(4,5)34)35-23-21(16)27(6)12-13-30-15-29(30)11-10-20(31)25(2,3)18(29)8-9-19(30)28(27,7)24(33)36-23/h16-24,31-34H,8-15H2,1-7H3/t16-,17-,18+,19+,20+,21+,22+,23+,24+,27-,28-,29-,30+/m1/s1. The van der Waals surface area contributed by atoms with E-state index in [4.69, 9.17) is 9.47 Å². The van der Waals surface area contributed by atoms with Crippen LogP contribution < -0.4 is 0 Å². The topological polar surface area (TPSA) is 99.4 Å². The first kappa shape index (κ1) is 26.0. The van der Waals surface area contributed by atoms with Crippen molar-refractivity contribution in [1.82, 2.24) is 0 Å². The molecule has 6 aliphatic rings. The highest BCUT2D eigenvalue weighted by atomic mass is 16.7. The average Bonchev–Trinajstić information content (AvgIpc) is 3.45. The van der Waals surface area contributed by atoms with E-state index < -0.39 is 30.4 Å². The van der Waals surface area contributed by atoms with E-state index in [-0.39, 0.29) is 39.6 Å². The first-order valence-corrected chi connectivity index (χ1v) is 14.6. The second-order valence-electron chi connectivity index (χ2n) is 15.6. The number of rotatable bonds is 2. The van der Waals surface area contributed by atoms with Crippen molar-refractivity contribution in [3.8, 4) is 0 Å². The summed E-state index contributed by atoms with van der Waals surface area (Å²) >= 11 is 0. The van der Waals surface area contributed by atoms with Crippen LogP contribution in [0.4, 0.5) is 0 Å². The molecule has 0 aromatic carbocycles. The van der Waals surface area contributed by atoms with Crippen molar-refractivity contribution < 1.29 is 29.9 Å². The molecule has 2 saturated heterocycles. The lowest BCUT2D eigenvalue weighted by Gasteiger charge is -2.70. The van der Waals surface area contributed by atoms with Gasteiger partial charge in [-0.2, -0.15) is 0 Å². The Morgan fingerprint density at radius 3 is 2.19 bits per heavy atom. The van der Waals surface area contributed by atoms with Crippen LogP contribution in [0.15, 0.2) is 0 Å². The molecule has 0 bridgehead atoms. The maximum absolute atomic E-state index is 11.8. The number of hydrogen-bond donors (Lipinski definition) is 4. The van der Waals surface area contributed by atoms with Crippen molar-refractivity contribution in [2.45, 2.75) is 136 Å². The van der Waals surface area contributed by atoms with Crippen LogP contribution in [0.25, 0.3) is 0 Å². The number of aliphatic hydroxyl groups excluding tert-OH is 3. The van der Waals surface area contributed by atoms with Gasteiger partial charge in [-0.25, -0.2) is 0 Å². The maximum atomic E-state index is 11.8. The number of aliphatic hydroxyl groups is 4. The largest absolute Gasteiger partial charge is 0.393 e. The summed E-state index contributed by atoms with van der Waals surface area (Å²) in [6, 6.07) is 0. The molecule has 0 amide bonds. The molecule has 0 radical (unpaired) electrons. The minimum atomic E-state index is -1.26. The molecular weight excluding hydrogens is 456 g/mol. The van der Waals surface area contributed by atoms with E-state index in [2.05, 4.69) is 34.6 Å². The lowest BCUT2D eigenvalue weighted by atomic mass is 9.38. The fourth-order valence-corrected chi connectivity index (χ4v) is 11.5. The molecule has 4 N–H and O–H groups in total. The Balaban J connectivity index is 1.33. The van der Waals surface area contributed by atoms with Crippen LogP contribution in [0.1, 0.15) is 99.8 Å². The van der Waals surface area contributed by atoms with Gasteiger partial charge in [0.2, 0.25) is 0 Å². The summed E-state index contributed by atoms with van der Waals surface area (Å²) in [5, 5.41) is 43.9. The smallest absolute Gasteiger partial charge is 0.164 e. The summed E-state index contributed by atoms with van der Waals surface area (Å²) in [6.45, 7) is 14.7. The third kappa shape index (κ3) is 2.90. The normalized spacial score (nSPS) is 58.4. The summed E-state index contributed by atoms with van der Waals surface area (Å²) in [4.78, 5) is 0. The first-order chi connectivity index (χ1) is 16.6. The molecule has 4 aliphatic carbocycles. The highest BCUT2D eigenvalue weighted by Crippen LogP contribution is 2.88. The molecule has 2 aliphatic heterocycles. The SMILES string of the molecule is C[C@@H]1C[C@H]([C@H](O)C(C)(C)O)O[C@H]2O[C@H](O)[C@@]3(C)[C@@H]4CC[C@H]5C(C)(C)[C@@H](O)CC[C@@]56C[C@@]46CC[C@]3(C)[C@H]21. The van der Waals surface area contributed by atoms with Crippen molar-refractivity contribution in [1.29, 1.82) is 0 Å². The molecule has 6 nitrogen and oxygen atoms in total. The molecular formula is C30H50O6. The third-order valence-electron chi connectivity index (χ3n) is 13.6. The van der Waals surface area contributed by atoms with Crippen molar-refractivity contribution in [2.75, 3.05) is 0 Å². The van der Waals surface area contributed by atoms with E-state index in [1.54, 1.807) is 13.8 Å². The van der Waals surface area contributed by atoms with Gasteiger partial charge in [-0.15, -0.1) is 0 Å². The molecule has 0 unspecified atom stereocenters. The van der Waals surface area contributed by atoms with Gasteiger partial charge in [0.25, 0.3) is 0 Å². The maximum Gasteiger partial charge on any atom is 0.164 e. The summed E-state index contributed by atoms with van der Waals surface area (Å²) in [7, 11) is 0. The zero-order valence-corrected chi connectivity index (χ0v) is 23.5. The van der Waals surface area contributed by atoms with Gasteiger partial charge in [0.15, 0.2) is 12.6 Å². The van der Waals surface area contributed by atoms with Gasteiger partial charge < -0.3 is 29.9 Å². The second-order valence-corrected chi connectivity index (χ2v) is 15.6. The molecule has 4 saturated carbocycles. The Hall–Kier alpha value is -0.240. The van der Waals surface area contributed by atoms with Crippen molar-refractivity contribution in [2.24, 2.45) is 50.7 Å². The first-order valence-electron chi connectivity index (χ1n) is 14.6. The molecule has 13 atom stereocenters. The zero-order chi connectivity index (χ0) is 26.3. The quantitative estimate of drug-likeness (QED) is 0.448. The molecule has 6 fully saturated rings. The Kier molecular flexibility index (Phi) is 5.41. The van der Waals surface area contributed by atoms with Gasteiger partial charge in [-0.3, -0.25) is 0 Å².